The molecule has 0 aliphatic carbocycles. The van der Waals surface area contributed by atoms with E-state index in [4.69, 9.17) is 8.83 Å². The lowest BCUT2D eigenvalue weighted by Gasteiger charge is -2.26. The molecule has 0 atom stereocenters. The normalized spacial score (nSPS) is 11.7. The number of hydrogen-bond donors (Lipinski definition) is 0. The summed E-state index contributed by atoms with van der Waals surface area (Å²) in [5.41, 5.74) is 11.4. The molecule has 2 heterocycles. The molecule has 0 aliphatic rings. The van der Waals surface area contributed by atoms with Crippen LogP contribution in [0.2, 0.25) is 0 Å². The zero-order valence-corrected chi connectivity index (χ0v) is 26.5. The van der Waals surface area contributed by atoms with Gasteiger partial charge in [0, 0.05) is 32.9 Å². The van der Waals surface area contributed by atoms with E-state index >= 15 is 0 Å². The van der Waals surface area contributed by atoms with Crippen LogP contribution in [0.15, 0.2) is 185 Å². The average molecular weight is 628 g/mol. The summed E-state index contributed by atoms with van der Waals surface area (Å²) < 4.78 is 12.8. The van der Waals surface area contributed by atoms with Crippen molar-refractivity contribution in [3.63, 3.8) is 0 Å². The molecule has 0 bridgehead atoms. The third-order valence-electron chi connectivity index (χ3n) is 9.68. The van der Waals surface area contributed by atoms with E-state index in [1.165, 1.54) is 16.5 Å². The lowest BCUT2D eigenvalue weighted by molar-refractivity contribution is 0.669. The molecule has 0 spiro atoms. The Hall–Kier alpha value is -6.58. The highest BCUT2D eigenvalue weighted by Crippen LogP contribution is 2.45. The number of hydrogen-bond acceptors (Lipinski definition) is 3. The maximum atomic E-state index is 6.62. The van der Waals surface area contributed by atoms with E-state index in [-0.39, 0.29) is 0 Å². The van der Waals surface area contributed by atoms with Crippen molar-refractivity contribution in [3.05, 3.63) is 176 Å². The number of anilines is 3. The molecule has 10 aromatic rings. The van der Waals surface area contributed by atoms with E-state index in [9.17, 15) is 0 Å². The standard InChI is InChI=1S/C46H29NO2/c1-2-10-30(11-3-1)31-20-25-34(26-21-31)47(40-16-9-19-43-45(40)39-29-24-32-12-4-5-13-37(32)46(39)49-43)35-27-22-33(23-28-35)36-15-8-18-42-44(36)38-14-6-7-17-41(38)48-42/h1-29H. The Morgan fingerprint density at radius 3 is 1.76 bits per heavy atom. The Morgan fingerprint density at radius 1 is 0.347 bits per heavy atom. The topological polar surface area (TPSA) is 29.5 Å². The second kappa shape index (κ2) is 11.0. The first-order chi connectivity index (χ1) is 24.3. The molecular weight excluding hydrogens is 599 g/mol. The minimum atomic E-state index is 0.866. The molecule has 49 heavy (non-hydrogen) atoms. The Bertz CT molecular complexity index is 2810. The van der Waals surface area contributed by atoms with Crippen molar-refractivity contribution in [2.24, 2.45) is 0 Å². The van der Waals surface area contributed by atoms with Crippen LogP contribution in [0.4, 0.5) is 17.1 Å². The summed E-state index contributed by atoms with van der Waals surface area (Å²) in [6.45, 7) is 0. The zero-order chi connectivity index (χ0) is 32.3. The number of fused-ring (bicyclic) bond motifs is 8. The van der Waals surface area contributed by atoms with Gasteiger partial charge in [-0.05, 0) is 82.2 Å². The lowest BCUT2D eigenvalue weighted by atomic mass is 9.98. The van der Waals surface area contributed by atoms with Crippen molar-refractivity contribution >= 4 is 71.7 Å². The molecule has 0 unspecified atom stereocenters. The van der Waals surface area contributed by atoms with Crippen LogP contribution in [0.3, 0.4) is 0 Å². The summed E-state index contributed by atoms with van der Waals surface area (Å²) >= 11 is 0. The van der Waals surface area contributed by atoms with Crippen LogP contribution in [0.1, 0.15) is 0 Å². The molecule has 10 rings (SSSR count). The average Bonchev–Trinajstić information content (AvgIpc) is 3.75. The largest absolute Gasteiger partial charge is 0.456 e. The molecule has 0 fully saturated rings. The van der Waals surface area contributed by atoms with Gasteiger partial charge in [0.25, 0.3) is 0 Å². The fraction of sp³-hybridized carbons (Fsp3) is 0. The summed E-state index contributed by atoms with van der Waals surface area (Å²) in [6, 6.07) is 62.0. The minimum absolute atomic E-state index is 0.866. The molecule has 2 aromatic heterocycles. The Morgan fingerprint density at radius 2 is 0.959 bits per heavy atom. The quantitative estimate of drug-likeness (QED) is 0.190. The van der Waals surface area contributed by atoms with Crippen LogP contribution < -0.4 is 4.90 Å². The van der Waals surface area contributed by atoms with Crippen LogP contribution in [0, 0.1) is 0 Å². The molecular formula is C46H29NO2. The highest BCUT2D eigenvalue weighted by atomic mass is 16.3. The van der Waals surface area contributed by atoms with E-state index in [1.807, 2.05) is 18.2 Å². The predicted molar refractivity (Wildman–Crippen MR) is 204 cm³/mol. The molecule has 0 radical (unpaired) electrons. The van der Waals surface area contributed by atoms with E-state index in [1.54, 1.807) is 0 Å². The van der Waals surface area contributed by atoms with Crippen LogP contribution >= 0.6 is 0 Å². The van der Waals surface area contributed by atoms with Gasteiger partial charge in [-0.1, -0.05) is 121 Å². The number of nitrogens with zero attached hydrogens (tertiary/aromatic N) is 1. The third-order valence-corrected chi connectivity index (χ3v) is 9.68. The highest BCUT2D eigenvalue weighted by Gasteiger charge is 2.21. The number of para-hydroxylation sites is 1. The number of benzene rings is 8. The van der Waals surface area contributed by atoms with Gasteiger partial charge in [-0.3, -0.25) is 0 Å². The molecule has 3 heteroatoms. The molecule has 3 nitrogen and oxygen atoms in total. The lowest BCUT2D eigenvalue weighted by Crippen LogP contribution is -2.10. The molecule has 8 aromatic carbocycles. The first-order valence-corrected chi connectivity index (χ1v) is 16.6. The molecule has 0 saturated carbocycles. The van der Waals surface area contributed by atoms with Gasteiger partial charge in [-0.2, -0.15) is 0 Å². The van der Waals surface area contributed by atoms with Gasteiger partial charge in [-0.25, -0.2) is 0 Å². The van der Waals surface area contributed by atoms with Gasteiger partial charge < -0.3 is 13.7 Å². The molecule has 230 valence electrons. The third kappa shape index (κ3) is 4.44. The fourth-order valence-corrected chi connectivity index (χ4v) is 7.39. The van der Waals surface area contributed by atoms with Gasteiger partial charge in [0.2, 0.25) is 0 Å². The van der Waals surface area contributed by atoms with Crippen molar-refractivity contribution in [2.75, 3.05) is 4.90 Å². The van der Waals surface area contributed by atoms with Gasteiger partial charge in [0.05, 0.1) is 11.1 Å². The Labute approximate surface area is 282 Å². The Balaban J connectivity index is 1.16. The molecule has 0 amide bonds. The van der Waals surface area contributed by atoms with E-state index < -0.39 is 0 Å². The monoisotopic (exact) mass is 627 g/mol. The van der Waals surface area contributed by atoms with E-state index in [0.717, 1.165) is 77.5 Å². The number of furan rings is 2. The SMILES string of the molecule is c1ccc(-c2ccc(N(c3ccc(-c4cccc5oc6ccccc6c45)cc3)c3cccc4oc5c6ccccc6ccc5c34)cc2)cc1. The van der Waals surface area contributed by atoms with Gasteiger partial charge >= 0.3 is 0 Å². The minimum Gasteiger partial charge on any atom is -0.456 e. The number of rotatable bonds is 5. The highest BCUT2D eigenvalue weighted by molar-refractivity contribution is 6.19. The second-order valence-corrected chi connectivity index (χ2v) is 12.5. The van der Waals surface area contributed by atoms with Crippen molar-refractivity contribution in [2.45, 2.75) is 0 Å². The van der Waals surface area contributed by atoms with Crippen LogP contribution in [-0.4, -0.2) is 0 Å². The summed E-state index contributed by atoms with van der Waals surface area (Å²) in [5.74, 6) is 0. The van der Waals surface area contributed by atoms with Crippen molar-refractivity contribution in [1.82, 2.24) is 0 Å². The molecule has 0 saturated heterocycles. The maximum absolute atomic E-state index is 6.62. The van der Waals surface area contributed by atoms with Gasteiger partial charge in [-0.15, -0.1) is 0 Å². The van der Waals surface area contributed by atoms with Crippen LogP contribution in [-0.2, 0) is 0 Å². The van der Waals surface area contributed by atoms with E-state index in [2.05, 4.69) is 163 Å². The summed E-state index contributed by atoms with van der Waals surface area (Å²) in [7, 11) is 0. The first kappa shape index (κ1) is 27.5. The van der Waals surface area contributed by atoms with Gasteiger partial charge in [0.15, 0.2) is 0 Å². The van der Waals surface area contributed by atoms with Crippen LogP contribution in [0.5, 0.6) is 0 Å². The zero-order valence-electron chi connectivity index (χ0n) is 26.5. The van der Waals surface area contributed by atoms with Crippen molar-refractivity contribution < 1.29 is 8.83 Å². The summed E-state index contributed by atoms with van der Waals surface area (Å²) in [4.78, 5) is 2.35. The van der Waals surface area contributed by atoms with Gasteiger partial charge in [0.1, 0.15) is 22.3 Å². The summed E-state index contributed by atoms with van der Waals surface area (Å²) in [6.07, 6.45) is 0. The van der Waals surface area contributed by atoms with Crippen molar-refractivity contribution in [3.8, 4) is 22.3 Å². The van der Waals surface area contributed by atoms with Crippen molar-refractivity contribution in [1.29, 1.82) is 0 Å². The molecule has 0 aliphatic heterocycles. The van der Waals surface area contributed by atoms with Crippen LogP contribution in [0.25, 0.3) is 76.9 Å². The first-order valence-electron chi connectivity index (χ1n) is 16.6. The second-order valence-electron chi connectivity index (χ2n) is 12.5. The summed E-state index contributed by atoms with van der Waals surface area (Å²) in [5, 5.41) is 6.75. The maximum Gasteiger partial charge on any atom is 0.143 e. The fourth-order valence-electron chi connectivity index (χ4n) is 7.39. The Kier molecular flexibility index (Phi) is 6.18. The van der Waals surface area contributed by atoms with E-state index in [0.29, 0.717) is 0 Å². The predicted octanol–water partition coefficient (Wildman–Crippen LogP) is 13.4. The molecule has 0 N–H and O–H groups in total. The smallest absolute Gasteiger partial charge is 0.143 e.